The van der Waals surface area contributed by atoms with Crippen molar-refractivity contribution in [2.45, 2.75) is 44.5 Å². The van der Waals surface area contributed by atoms with E-state index in [0.717, 1.165) is 0 Å². The first-order valence-corrected chi connectivity index (χ1v) is 9.14. The van der Waals surface area contributed by atoms with E-state index < -0.39 is 30.6 Å². The monoisotopic (exact) mass is 419 g/mol. The Labute approximate surface area is 175 Å². The maximum atomic E-state index is 11.8. The van der Waals surface area contributed by atoms with E-state index in [4.69, 9.17) is 28.7 Å². The lowest BCUT2D eigenvalue weighted by atomic mass is 9.97. The molecule has 0 aliphatic carbocycles. The van der Waals surface area contributed by atoms with Crippen LogP contribution in [0.4, 0.5) is 0 Å². The smallest absolute Gasteiger partial charge is 0.223 e. The maximum absolute atomic E-state index is 11.8. The van der Waals surface area contributed by atoms with Gasteiger partial charge in [0.25, 0.3) is 0 Å². The standard InChI is InChI=1S/C21H25NO8/c1-5-6-7-12-27-30-20-18(22-14(2)23)21(29-17(13-25-3)19(20)24)28-16-10-8-15(26-4)9-11-16/h8-11,17-21,24H,13H2,1-4H3,(H,22,23)/t17?,18?,19-,20+,21+/m0/s1. The number of benzene rings is 1. The van der Waals surface area contributed by atoms with Gasteiger partial charge in [0.05, 0.1) is 13.7 Å². The van der Waals surface area contributed by atoms with Crippen molar-refractivity contribution in [2.24, 2.45) is 0 Å². The van der Waals surface area contributed by atoms with E-state index in [-0.39, 0.29) is 12.5 Å². The topological polar surface area (TPSA) is 105 Å². The SMILES string of the molecule is CC#CC#COO[C@@H]1C(NC(C)=O)[C@H](Oc2ccc(OC)cc2)OC(COC)[C@@H]1O. The molecule has 1 saturated heterocycles. The van der Waals surface area contributed by atoms with Crippen molar-refractivity contribution >= 4 is 5.91 Å². The van der Waals surface area contributed by atoms with Crippen LogP contribution in [-0.4, -0.2) is 62.5 Å². The van der Waals surface area contributed by atoms with Crippen LogP contribution in [0.15, 0.2) is 24.3 Å². The van der Waals surface area contributed by atoms with Gasteiger partial charge in [-0.15, -0.1) is 0 Å². The molecule has 1 fully saturated rings. The molecule has 5 atom stereocenters. The minimum Gasteiger partial charge on any atom is -0.497 e. The van der Waals surface area contributed by atoms with Crippen LogP contribution in [0.25, 0.3) is 0 Å². The van der Waals surface area contributed by atoms with Crippen LogP contribution in [0.1, 0.15) is 13.8 Å². The van der Waals surface area contributed by atoms with Crippen LogP contribution in [0.5, 0.6) is 11.5 Å². The lowest BCUT2D eigenvalue weighted by molar-refractivity contribution is -0.344. The van der Waals surface area contributed by atoms with E-state index in [2.05, 4.69) is 29.2 Å². The highest BCUT2D eigenvalue weighted by Gasteiger charge is 2.49. The van der Waals surface area contributed by atoms with Gasteiger partial charge in [-0.25, -0.2) is 0 Å². The summed E-state index contributed by atoms with van der Waals surface area (Å²) < 4.78 is 22.0. The summed E-state index contributed by atoms with van der Waals surface area (Å²) >= 11 is 0. The van der Waals surface area contributed by atoms with Gasteiger partial charge < -0.3 is 29.4 Å². The normalized spacial score (nSPS) is 25.0. The number of hydrogen-bond acceptors (Lipinski definition) is 8. The summed E-state index contributed by atoms with van der Waals surface area (Å²) in [7, 11) is 3.02. The summed E-state index contributed by atoms with van der Waals surface area (Å²) in [6.07, 6.45) is -1.82. The van der Waals surface area contributed by atoms with Crippen LogP contribution >= 0.6 is 0 Å². The molecule has 1 aromatic carbocycles. The summed E-state index contributed by atoms with van der Waals surface area (Å²) in [6, 6.07) is 5.89. The second-order valence-corrected chi connectivity index (χ2v) is 6.25. The number of nitrogens with one attached hydrogen (secondary N) is 1. The maximum Gasteiger partial charge on any atom is 0.223 e. The quantitative estimate of drug-likeness (QED) is 0.359. The van der Waals surface area contributed by atoms with Gasteiger partial charge in [0.15, 0.2) is 12.2 Å². The number of ether oxygens (including phenoxy) is 4. The summed E-state index contributed by atoms with van der Waals surface area (Å²) in [5.41, 5.74) is 0. The van der Waals surface area contributed by atoms with Gasteiger partial charge in [0.1, 0.15) is 29.7 Å². The predicted molar refractivity (Wildman–Crippen MR) is 105 cm³/mol. The third-order valence-corrected chi connectivity index (χ3v) is 4.13. The molecule has 0 saturated carbocycles. The highest BCUT2D eigenvalue weighted by atomic mass is 17.2. The molecule has 0 spiro atoms. The minimum atomic E-state index is -1.20. The average molecular weight is 419 g/mol. The Bertz CT molecular complexity index is 804. The molecule has 2 N–H and O–H groups in total. The van der Waals surface area contributed by atoms with Crippen molar-refractivity contribution < 1.29 is 38.6 Å². The first kappa shape index (κ1) is 23.3. The second kappa shape index (κ2) is 11.9. The number of carbonyl (C=O) groups excluding carboxylic acids is 1. The summed E-state index contributed by atoms with van der Waals surface area (Å²) in [5, 5.41) is 13.4. The van der Waals surface area contributed by atoms with Gasteiger partial charge in [-0.3, -0.25) is 9.68 Å². The van der Waals surface area contributed by atoms with Gasteiger partial charge in [-0.05, 0) is 37.1 Å². The molecule has 1 aromatic rings. The van der Waals surface area contributed by atoms with Gasteiger partial charge in [-0.2, -0.15) is 4.89 Å². The number of hydrogen-bond donors (Lipinski definition) is 2. The third kappa shape index (κ3) is 6.55. The molecule has 1 amide bonds. The number of aliphatic hydroxyl groups excluding tert-OH is 1. The van der Waals surface area contributed by atoms with Crippen LogP contribution in [0, 0.1) is 23.9 Å². The van der Waals surface area contributed by atoms with E-state index in [0.29, 0.717) is 11.5 Å². The highest BCUT2D eigenvalue weighted by Crippen LogP contribution is 2.27. The average Bonchev–Trinajstić information content (AvgIpc) is 2.73. The van der Waals surface area contributed by atoms with Crippen molar-refractivity contribution in [1.29, 1.82) is 0 Å². The van der Waals surface area contributed by atoms with Crippen molar-refractivity contribution in [1.82, 2.24) is 5.32 Å². The first-order valence-electron chi connectivity index (χ1n) is 9.14. The van der Waals surface area contributed by atoms with Gasteiger partial charge >= 0.3 is 0 Å². The molecule has 9 nitrogen and oxygen atoms in total. The van der Waals surface area contributed by atoms with Crippen molar-refractivity contribution in [3.63, 3.8) is 0 Å². The molecule has 9 heteroatoms. The Hall–Kier alpha value is -2.95. The fraction of sp³-hybridized carbons (Fsp3) is 0.476. The van der Waals surface area contributed by atoms with Crippen molar-refractivity contribution in [3.05, 3.63) is 24.3 Å². The zero-order chi connectivity index (χ0) is 21.9. The van der Waals surface area contributed by atoms with Gasteiger partial charge in [0, 0.05) is 20.0 Å². The Balaban J connectivity index is 2.26. The molecule has 2 rings (SSSR count). The van der Waals surface area contributed by atoms with E-state index >= 15 is 0 Å². The third-order valence-electron chi connectivity index (χ3n) is 4.13. The zero-order valence-corrected chi connectivity index (χ0v) is 17.2. The summed E-state index contributed by atoms with van der Waals surface area (Å²) in [6.45, 7) is 3.01. The summed E-state index contributed by atoms with van der Waals surface area (Å²) in [4.78, 5) is 21.9. The van der Waals surface area contributed by atoms with E-state index in [9.17, 15) is 9.90 Å². The molecule has 1 aliphatic heterocycles. The Morgan fingerprint density at radius 1 is 1.20 bits per heavy atom. The molecule has 0 radical (unpaired) electrons. The fourth-order valence-electron chi connectivity index (χ4n) is 2.80. The molecule has 0 aromatic heterocycles. The van der Waals surface area contributed by atoms with E-state index in [1.807, 2.05) is 0 Å². The molecule has 30 heavy (non-hydrogen) atoms. The van der Waals surface area contributed by atoms with Crippen LogP contribution in [0.2, 0.25) is 0 Å². The van der Waals surface area contributed by atoms with Crippen molar-refractivity contribution in [2.75, 3.05) is 20.8 Å². The fourth-order valence-corrected chi connectivity index (χ4v) is 2.80. The molecule has 0 bridgehead atoms. The second-order valence-electron chi connectivity index (χ2n) is 6.25. The Kier molecular flexibility index (Phi) is 9.26. The molecule has 1 aliphatic rings. The Morgan fingerprint density at radius 3 is 2.50 bits per heavy atom. The molecule has 162 valence electrons. The largest absolute Gasteiger partial charge is 0.497 e. The zero-order valence-electron chi connectivity index (χ0n) is 17.2. The van der Waals surface area contributed by atoms with Crippen molar-refractivity contribution in [3.8, 4) is 35.4 Å². The number of aliphatic hydroxyl groups is 1. The predicted octanol–water partition coefficient (Wildman–Crippen LogP) is 0.612. The molecule has 2 unspecified atom stereocenters. The molecular weight excluding hydrogens is 394 g/mol. The number of amides is 1. The molecule has 1 heterocycles. The highest BCUT2D eigenvalue weighted by molar-refractivity contribution is 5.73. The van der Waals surface area contributed by atoms with E-state index in [1.165, 1.54) is 14.0 Å². The van der Waals surface area contributed by atoms with Crippen LogP contribution in [0.3, 0.4) is 0 Å². The number of carbonyl (C=O) groups is 1. The van der Waals surface area contributed by atoms with Gasteiger partial charge in [0.2, 0.25) is 12.2 Å². The lowest BCUT2D eigenvalue weighted by Crippen LogP contribution is -2.66. The Morgan fingerprint density at radius 2 is 1.90 bits per heavy atom. The lowest BCUT2D eigenvalue weighted by Gasteiger charge is -2.42. The van der Waals surface area contributed by atoms with Crippen LogP contribution < -0.4 is 14.8 Å². The minimum absolute atomic E-state index is 0.0588. The summed E-state index contributed by atoms with van der Waals surface area (Å²) in [5.74, 6) is 8.23. The van der Waals surface area contributed by atoms with E-state index in [1.54, 1.807) is 38.3 Å². The molecular formula is C21H25NO8. The van der Waals surface area contributed by atoms with Gasteiger partial charge in [-0.1, -0.05) is 5.92 Å². The van der Waals surface area contributed by atoms with Crippen LogP contribution in [-0.2, 0) is 24.0 Å². The number of methoxy groups -OCH3 is 2. The first-order chi connectivity index (χ1) is 14.5. The number of rotatable bonds is 8.